The summed E-state index contributed by atoms with van der Waals surface area (Å²) in [5.41, 5.74) is 0. The van der Waals surface area contributed by atoms with Gasteiger partial charge in [0.05, 0.1) is 0 Å². The molecule has 0 heterocycles. The van der Waals surface area contributed by atoms with Crippen molar-refractivity contribution in [3.05, 3.63) is 12.3 Å². The van der Waals surface area contributed by atoms with Gasteiger partial charge in [0.15, 0.2) is 0 Å². The standard InChI is InChI=1S/C7H10F2NO2.Zn/c1-3-10(4-2)7(11)12-5-6(8)9;/h3-4H2,1-2H3;/q-1;. The van der Waals surface area contributed by atoms with Gasteiger partial charge in [0, 0.05) is 32.6 Å². The minimum atomic E-state index is -2.14. The maximum absolute atomic E-state index is 11.4. The van der Waals surface area contributed by atoms with E-state index in [4.69, 9.17) is 0 Å². The van der Waals surface area contributed by atoms with Crippen LogP contribution in [0.25, 0.3) is 0 Å². The monoisotopic (exact) mass is 242 g/mol. The Kier molecular flexibility index (Phi) is 9.35. The van der Waals surface area contributed by atoms with Gasteiger partial charge in [-0.2, -0.15) is 8.78 Å². The summed E-state index contributed by atoms with van der Waals surface area (Å²) < 4.78 is 26.7. The molecule has 0 aliphatic rings. The molecule has 0 N–H and O–H groups in total. The number of carbonyl (C=O) groups excluding carboxylic acids is 1. The fourth-order valence-electron chi connectivity index (χ4n) is 0.629. The number of rotatable bonds is 3. The van der Waals surface area contributed by atoms with E-state index in [2.05, 4.69) is 4.74 Å². The smallest absolute Gasteiger partial charge is 0.249 e. The summed E-state index contributed by atoms with van der Waals surface area (Å²) >= 11 is 0. The second-order valence-corrected chi connectivity index (χ2v) is 1.90. The quantitative estimate of drug-likeness (QED) is 0.431. The molecule has 0 aromatic carbocycles. The molecule has 1 amide bonds. The molecule has 0 fully saturated rings. The van der Waals surface area contributed by atoms with E-state index in [0.29, 0.717) is 13.1 Å². The van der Waals surface area contributed by atoms with Crippen molar-refractivity contribution in [3.63, 3.8) is 0 Å². The number of amides is 1. The molecule has 0 rings (SSSR count). The molecule has 0 spiro atoms. The number of hydrogen-bond donors (Lipinski definition) is 0. The molecule has 0 aliphatic carbocycles. The number of nitrogens with zero attached hydrogens (tertiary/aromatic N) is 1. The Morgan fingerprint density at radius 2 is 1.85 bits per heavy atom. The first kappa shape index (κ1) is 15.0. The van der Waals surface area contributed by atoms with E-state index >= 15 is 0 Å². The summed E-state index contributed by atoms with van der Waals surface area (Å²) in [6.07, 6.45) is -1.77. The van der Waals surface area contributed by atoms with Gasteiger partial charge in [-0.25, -0.2) is 0 Å². The molecule has 0 saturated carbocycles. The van der Waals surface area contributed by atoms with Gasteiger partial charge in [0.25, 0.3) is 0 Å². The molecule has 0 aliphatic heterocycles. The van der Waals surface area contributed by atoms with Gasteiger partial charge in [-0.3, -0.25) is 0 Å². The van der Waals surface area contributed by atoms with Crippen LogP contribution in [-0.2, 0) is 24.2 Å². The molecule has 3 nitrogen and oxygen atoms in total. The third kappa shape index (κ3) is 6.64. The zero-order valence-electron chi connectivity index (χ0n) is 7.64. The Hall–Kier alpha value is -0.507. The van der Waals surface area contributed by atoms with Crippen LogP contribution in [0.3, 0.4) is 0 Å². The number of hydrogen-bond acceptors (Lipinski definition) is 2. The van der Waals surface area contributed by atoms with E-state index in [1.807, 2.05) is 0 Å². The molecule has 0 unspecified atom stereocenters. The maximum atomic E-state index is 11.4. The van der Waals surface area contributed by atoms with E-state index in [1.165, 1.54) is 11.2 Å². The molecule has 0 saturated heterocycles. The number of carbonyl (C=O) groups is 1. The van der Waals surface area contributed by atoms with Crippen molar-refractivity contribution < 1.29 is 37.8 Å². The van der Waals surface area contributed by atoms with Gasteiger partial charge in [-0.1, -0.05) is 0 Å². The third-order valence-corrected chi connectivity index (χ3v) is 1.24. The van der Waals surface area contributed by atoms with Gasteiger partial charge in [-0.15, -0.1) is 0 Å². The van der Waals surface area contributed by atoms with Gasteiger partial charge < -0.3 is 14.4 Å². The van der Waals surface area contributed by atoms with Crippen molar-refractivity contribution in [2.24, 2.45) is 0 Å². The van der Waals surface area contributed by atoms with Crippen molar-refractivity contribution in [1.82, 2.24) is 4.90 Å². The number of ether oxygens (including phenoxy) is 1. The van der Waals surface area contributed by atoms with Crippen LogP contribution in [0.2, 0.25) is 0 Å². The average Bonchev–Trinajstić information content (AvgIpc) is 2.03. The van der Waals surface area contributed by atoms with Crippen molar-refractivity contribution in [2.75, 3.05) is 13.1 Å². The van der Waals surface area contributed by atoms with Gasteiger partial charge in [-0.05, 0) is 20.1 Å². The van der Waals surface area contributed by atoms with Crippen molar-refractivity contribution >= 4 is 6.09 Å². The first-order valence-electron chi connectivity index (χ1n) is 3.51. The molecule has 0 aromatic heterocycles. The summed E-state index contributed by atoms with van der Waals surface area (Å²) in [5, 5.41) is 0. The normalized spacial score (nSPS) is 8.31. The predicted octanol–water partition coefficient (Wildman–Crippen LogP) is 2.00. The summed E-state index contributed by atoms with van der Waals surface area (Å²) in [4.78, 5) is 12.1. The summed E-state index contributed by atoms with van der Waals surface area (Å²) in [6.45, 7) is 4.29. The Bertz CT molecular complexity index is 179. The van der Waals surface area contributed by atoms with Gasteiger partial charge >= 0.3 is 0 Å². The zero-order chi connectivity index (χ0) is 9.56. The minimum Gasteiger partial charge on any atom is -0.597 e. The Morgan fingerprint density at radius 1 is 1.38 bits per heavy atom. The third-order valence-electron chi connectivity index (χ3n) is 1.24. The molecule has 72 valence electrons. The molecule has 0 bridgehead atoms. The van der Waals surface area contributed by atoms with Crippen LogP contribution in [0.15, 0.2) is 6.08 Å². The van der Waals surface area contributed by atoms with Crippen molar-refractivity contribution in [1.29, 1.82) is 0 Å². The Labute approximate surface area is 88.5 Å². The minimum absolute atomic E-state index is 0. The molecule has 6 heteroatoms. The average molecular weight is 244 g/mol. The van der Waals surface area contributed by atoms with E-state index in [0.717, 1.165) is 0 Å². The first-order chi connectivity index (χ1) is 5.61. The molecular weight excluding hydrogens is 233 g/mol. The molecule has 0 radical (unpaired) electrons. The zero-order valence-corrected chi connectivity index (χ0v) is 10.6. The Balaban J connectivity index is 0. The first-order valence-corrected chi connectivity index (χ1v) is 3.51. The largest absolute Gasteiger partial charge is 0.597 e. The topological polar surface area (TPSA) is 29.5 Å². The number of halogens is 2. The van der Waals surface area contributed by atoms with Crippen molar-refractivity contribution in [3.8, 4) is 0 Å². The van der Waals surface area contributed by atoms with E-state index in [9.17, 15) is 13.6 Å². The van der Waals surface area contributed by atoms with Crippen LogP contribution in [-0.4, -0.2) is 24.1 Å². The summed E-state index contributed by atoms with van der Waals surface area (Å²) in [7, 11) is 0. The van der Waals surface area contributed by atoms with E-state index in [-0.39, 0.29) is 19.5 Å². The molecular formula is C7H10F2NO2Zn-. The van der Waals surface area contributed by atoms with Crippen LogP contribution in [0.1, 0.15) is 13.8 Å². The van der Waals surface area contributed by atoms with Crippen LogP contribution < -0.4 is 0 Å². The maximum Gasteiger partial charge on any atom is 0.249 e. The SMILES string of the molecule is CCN(CC)C(=O)O[C-]=C(F)F.[Zn]. The molecule has 13 heavy (non-hydrogen) atoms. The molecule has 0 atom stereocenters. The van der Waals surface area contributed by atoms with Gasteiger partial charge in [0.2, 0.25) is 12.2 Å². The summed E-state index contributed by atoms with van der Waals surface area (Å²) in [5.74, 6) is 0. The van der Waals surface area contributed by atoms with E-state index < -0.39 is 12.2 Å². The van der Waals surface area contributed by atoms with Crippen LogP contribution in [0, 0.1) is 6.26 Å². The van der Waals surface area contributed by atoms with Crippen LogP contribution in [0.5, 0.6) is 0 Å². The second-order valence-electron chi connectivity index (χ2n) is 1.90. The van der Waals surface area contributed by atoms with Crippen LogP contribution >= 0.6 is 0 Å². The van der Waals surface area contributed by atoms with E-state index in [1.54, 1.807) is 13.8 Å². The van der Waals surface area contributed by atoms with Crippen molar-refractivity contribution in [2.45, 2.75) is 13.8 Å². The fraction of sp³-hybridized carbons (Fsp3) is 0.571. The second kappa shape index (κ2) is 8.11. The fourth-order valence-corrected chi connectivity index (χ4v) is 0.629. The summed E-state index contributed by atoms with van der Waals surface area (Å²) in [6, 6.07) is 0. The predicted molar refractivity (Wildman–Crippen MR) is 38.4 cm³/mol. The van der Waals surface area contributed by atoms with Crippen LogP contribution in [0.4, 0.5) is 13.6 Å². The molecule has 0 aromatic rings. The van der Waals surface area contributed by atoms with Gasteiger partial charge in [0.1, 0.15) is 0 Å². The Morgan fingerprint density at radius 3 is 2.15 bits per heavy atom.